The van der Waals surface area contributed by atoms with Crippen LogP contribution in [0.2, 0.25) is 25.2 Å². The lowest BCUT2D eigenvalue weighted by atomic mass is 9.97. The van der Waals surface area contributed by atoms with Crippen molar-refractivity contribution in [3.05, 3.63) is 144 Å². The average molecular weight is 783 g/mol. The quantitative estimate of drug-likeness (QED) is 0.0468. The summed E-state index contributed by atoms with van der Waals surface area (Å²) in [5, 5.41) is 9.06. The van der Waals surface area contributed by atoms with E-state index in [1.165, 1.54) is 0 Å². The lowest BCUT2D eigenvalue weighted by molar-refractivity contribution is -0.297. The fourth-order valence-electron chi connectivity index (χ4n) is 6.12. The van der Waals surface area contributed by atoms with E-state index in [1.54, 1.807) is 121 Å². The van der Waals surface area contributed by atoms with Crippen molar-refractivity contribution >= 4 is 37.9 Å². The molecule has 0 amide bonds. The Morgan fingerprint density at radius 3 is 1.46 bits per heavy atom. The van der Waals surface area contributed by atoms with Crippen LogP contribution in [0.4, 0.5) is 0 Å². The molecule has 1 fully saturated rings. The van der Waals surface area contributed by atoms with E-state index in [0.29, 0.717) is 12.5 Å². The van der Waals surface area contributed by atoms with Gasteiger partial charge in [-0.25, -0.2) is 19.2 Å². The molecular formula is C43H46O12Si. The molecule has 0 bridgehead atoms. The monoisotopic (exact) mass is 782 g/mol. The first-order chi connectivity index (χ1) is 27.0. The summed E-state index contributed by atoms with van der Waals surface area (Å²) in [5.41, 5.74) is 0.838. The van der Waals surface area contributed by atoms with Crippen molar-refractivity contribution in [2.24, 2.45) is 0 Å². The van der Waals surface area contributed by atoms with Gasteiger partial charge < -0.3 is 33.5 Å². The summed E-state index contributed by atoms with van der Waals surface area (Å²) >= 11 is 0. The molecule has 0 unspecified atom stereocenters. The topological polar surface area (TPSA) is 161 Å². The Labute approximate surface area is 326 Å². The third kappa shape index (κ3) is 12.2. The summed E-state index contributed by atoms with van der Waals surface area (Å²) in [6.07, 6.45) is -5.66. The van der Waals surface area contributed by atoms with Crippen molar-refractivity contribution in [1.29, 1.82) is 0 Å². The molecule has 294 valence electrons. The van der Waals surface area contributed by atoms with Gasteiger partial charge in [0.2, 0.25) is 0 Å². The molecule has 1 saturated heterocycles. The van der Waals surface area contributed by atoms with E-state index < -0.39 is 75.2 Å². The summed E-state index contributed by atoms with van der Waals surface area (Å²) in [6.45, 7) is 4.03. The molecule has 1 aliphatic rings. The van der Waals surface area contributed by atoms with Gasteiger partial charge in [0.25, 0.3) is 0 Å². The summed E-state index contributed by atoms with van der Waals surface area (Å²) in [7, 11) is -1.92. The van der Waals surface area contributed by atoms with E-state index in [9.17, 15) is 24.0 Å². The number of ether oxygens (including phenoxy) is 6. The Kier molecular flexibility index (Phi) is 15.1. The maximum Gasteiger partial charge on any atom is 0.338 e. The van der Waals surface area contributed by atoms with Crippen LogP contribution in [-0.2, 0) is 33.2 Å². The van der Waals surface area contributed by atoms with Gasteiger partial charge in [-0.05, 0) is 61.0 Å². The molecule has 1 heterocycles. The summed E-state index contributed by atoms with van der Waals surface area (Å²) in [5.74, 6) is -3.87. The minimum absolute atomic E-state index is 0.0979. The van der Waals surface area contributed by atoms with Crippen molar-refractivity contribution in [3.8, 4) is 0 Å². The van der Waals surface area contributed by atoms with Crippen LogP contribution in [0.3, 0.4) is 0 Å². The standard InChI is InChI=1S/C43H46O12Si/c1-56(2,27-16-15-25-35(44)45)28-26-50-43-38(55-42(49)33-23-13-6-14-24-33)37(54-41(48)32-21-11-5-12-22-32)36(53-40(47)31-19-9-4-10-20-31)34(52-43)29-51-39(46)30-17-7-3-8-18-30/h3-14,17-24,34,36-38,43H,15-16,25-29H2,1-2H3,(H,44,45)/t34-,36+,37+,38-,43-/m1/s1. The van der Waals surface area contributed by atoms with Crippen molar-refractivity contribution in [2.75, 3.05) is 13.2 Å². The first-order valence-corrected chi connectivity index (χ1v) is 21.9. The molecule has 56 heavy (non-hydrogen) atoms. The largest absolute Gasteiger partial charge is 0.481 e. The Hall–Kier alpha value is -5.63. The molecule has 5 rings (SSSR count). The Morgan fingerprint density at radius 2 is 1.00 bits per heavy atom. The van der Waals surface area contributed by atoms with Crippen LogP contribution in [0.25, 0.3) is 0 Å². The van der Waals surface area contributed by atoms with Gasteiger partial charge in [0, 0.05) is 21.1 Å². The molecule has 0 aliphatic carbocycles. The first-order valence-electron chi connectivity index (χ1n) is 18.5. The molecule has 5 atom stereocenters. The van der Waals surface area contributed by atoms with Gasteiger partial charge in [0.05, 0.1) is 22.3 Å². The molecule has 1 aliphatic heterocycles. The summed E-state index contributed by atoms with van der Waals surface area (Å²) < 4.78 is 36.7. The number of carboxylic acid groups (broad SMARTS) is 1. The minimum atomic E-state index is -1.92. The lowest BCUT2D eigenvalue weighted by Crippen LogP contribution is -2.63. The molecule has 0 radical (unpaired) electrons. The number of carbonyl (C=O) groups excluding carboxylic acids is 4. The highest BCUT2D eigenvalue weighted by molar-refractivity contribution is 6.77. The van der Waals surface area contributed by atoms with Crippen LogP contribution in [0.1, 0.15) is 60.7 Å². The van der Waals surface area contributed by atoms with Gasteiger partial charge in [-0.1, -0.05) is 98.4 Å². The average Bonchev–Trinajstić information content (AvgIpc) is 3.21. The van der Waals surface area contributed by atoms with Crippen LogP contribution >= 0.6 is 0 Å². The van der Waals surface area contributed by atoms with E-state index in [0.717, 1.165) is 12.5 Å². The van der Waals surface area contributed by atoms with Crippen LogP contribution < -0.4 is 0 Å². The van der Waals surface area contributed by atoms with Crippen LogP contribution in [-0.4, -0.2) is 86.9 Å². The minimum Gasteiger partial charge on any atom is -0.481 e. The second-order valence-corrected chi connectivity index (χ2v) is 19.4. The maximum absolute atomic E-state index is 13.8. The number of unbranched alkanes of at least 4 members (excludes halogenated alkanes) is 1. The van der Waals surface area contributed by atoms with E-state index >= 15 is 0 Å². The third-order valence-corrected chi connectivity index (χ3v) is 12.6. The molecule has 12 nitrogen and oxygen atoms in total. The maximum atomic E-state index is 13.8. The van der Waals surface area contributed by atoms with Crippen molar-refractivity contribution in [2.45, 2.75) is 75.2 Å². The van der Waals surface area contributed by atoms with E-state index in [1.807, 2.05) is 0 Å². The number of hydrogen-bond donors (Lipinski definition) is 1. The Morgan fingerprint density at radius 1 is 0.571 bits per heavy atom. The van der Waals surface area contributed by atoms with E-state index in [2.05, 4.69) is 13.1 Å². The fraction of sp³-hybridized carbons (Fsp3) is 0.326. The predicted molar refractivity (Wildman–Crippen MR) is 207 cm³/mol. The van der Waals surface area contributed by atoms with Gasteiger partial charge >= 0.3 is 29.8 Å². The van der Waals surface area contributed by atoms with Gasteiger partial charge in [0.15, 0.2) is 24.6 Å². The second-order valence-electron chi connectivity index (χ2n) is 14.1. The normalized spacial score (nSPS) is 19.3. The molecule has 1 N–H and O–H groups in total. The highest BCUT2D eigenvalue weighted by Gasteiger charge is 2.53. The highest BCUT2D eigenvalue weighted by atomic mass is 28.3. The third-order valence-electron chi connectivity index (χ3n) is 9.29. The highest BCUT2D eigenvalue weighted by Crippen LogP contribution is 2.32. The number of hydrogen-bond acceptors (Lipinski definition) is 11. The summed E-state index contributed by atoms with van der Waals surface area (Å²) in [6, 6.07) is 34.3. The summed E-state index contributed by atoms with van der Waals surface area (Å²) in [4.78, 5) is 65.4. The molecule has 0 aromatic heterocycles. The predicted octanol–water partition coefficient (Wildman–Crippen LogP) is 7.23. The van der Waals surface area contributed by atoms with Gasteiger partial charge in [-0.15, -0.1) is 0 Å². The van der Waals surface area contributed by atoms with E-state index in [-0.39, 0.29) is 35.3 Å². The van der Waals surface area contributed by atoms with Gasteiger partial charge in [0.1, 0.15) is 12.7 Å². The molecule has 4 aromatic carbocycles. The molecular weight excluding hydrogens is 737 g/mol. The van der Waals surface area contributed by atoms with Crippen molar-refractivity contribution < 1.29 is 57.5 Å². The van der Waals surface area contributed by atoms with Crippen LogP contribution in [0, 0.1) is 0 Å². The second kappa shape index (κ2) is 20.3. The number of carboxylic acids is 1. The Balaban J connectivity index is 1.50. The number of benzene rings is 4. The van der Waals surface area contributed by atoms with Crippen LogP contribution in [0.15, 0.2) is 121 Å². The smallest absolute Gasteiger partial charge is 0.338 e. The molecule has 4 aromatic rings. The SMILES string of the molecule is C[Si](C)(CCCCC(=O)O)CCO[C@@H]1O[C@H](COC(=O)c2ccccc2)[C@H](OC(=O)c2ccccc2)[C@H](OC(=O)c2ccccc2)[C@H]1OC(=O)c1ccccc1. The zero-order chi connectivity index (χ0) is 39.9. The number of esters is 4. The van der Waals surface area contributed by atoms with Crippen molar-refractivity contribution in [1.82, 2.24) is 0 Å². The number of carbonyl (C=O) groups is 5. The first kappa shape index (κ1) is 41.5. The fourth-order valence-corrected chi connectivity index (χ4v) is 8.25. The zero-order valence-corrected chi connectivity index (χ0v) is 32.3. The van der Waals surface area contributed by atoms with Crippen molar-refractivity contribution in [3.63, 3.8) is 0 Å². The molecule has 13 heteroatoms. The van der Waals surface area contributed by atoms with Gasteiger partial charge in [-0.2, -0.15) is 0 Å². The molecule has 0 spiro atoms. The lowest BCUT2D eigenvalue weighted by Gasteiger charge is -2.44. The van der Waals surface area contributed by atoms with E-state index in [4.69, 9.17) is 33.5 Å². The zero-order valence-electron chi connectivity index (χ0n) is 31.3. The molecule has 0 saturated carbocycles. The van der Waals surface area contributed by atoms with Crippen LogP contribution in [0.5, 0.6) is 0 Å². The number of aliphatic carboxylic acids is 1. The number of rotatable bonds is 18. The van der Waals surface area contributed by atoms with Gasteiger partial charge in [-0.3, -0.25) is 4.79 Å². The Bertz CT molecular complexity index is 1890.